The molecule has 0 bridgehead atoms. The van der Waals surface area contributed by atoms with Crippen LogP contribution in [0.5, 0.6) is 0 Å². The molecule has 0 radical (unpaired) electrons. The molecule has 0 aliphatic carbocycles. The molecule has 1 aromatic carbocycles. The van der Waals surface area contributed by atoms with Crippen molar-refractivity contribution in [1.82, 2.24) is 5.32 Å². The van der Waals surface area contributed by atoms with Crippen LogP contribution in [0.2, 0.25) is 0 Å². The maximum absolute atomic E-state index is 5.90. The number of benzene rings is 1. The molecule has 2 nitrogen and oxygen atoms in total. The Bertz CT molecular complexity index is 307. The van der Waals surface area contributed by atoms with Gasteiger partial charge in [0.05, 0.1) is 0 Å². The summed E-state index contributed by atoms with van der Waals surface area (Å²) < 4.78 is 0. The summed E-state index contributed by atoms with van der Waals surface area (Å²) in [4.78, 5) is 0. The Morgan fingerprint density at radius 2 is 1.75 bits per heavy atom. The van der Waals surface area contributed by atoms with E-state index < -0.39 is 0 Å². The fraction of sp³-hybridized carbons (Fsp3) is 0.571. The lowest BCUT2D eigenvalue weighted by atomic mass is 10.0. The third-order valence-electron chi connectivity index (χ3n) is 2.56. The summed E-state index contributed by atoms with van der Waals surface area (Å²) in [5.74, 6) is 0.602. The van der Waals surface area contributed by atoms with Gasteiger partial charge in [-0.05, 0) is 30.9 Å². The molecular formula is C14H24N2. The standard InChI is InChI=1S/C14H24N2/c1-11(2)13-7-5-12(6-8-13)9-16-10-14(3,4)15/h5-8,11,16H,9-10,15H2,1-4H3. The SMILES string of the molecule is CC(C)c1ccc(CNCC(C)(C)N)cc1. The quantitative estimate of drug-likeness (QED) is 0.800. The van der Waals surface area contributed by atoms with Crippen molar-refractivity contribution < 1.29 is 0 Å². The smallest absolute Gasteiger partial charge is 0.0223 e. The summed E-state index contributed by atoms with van der Waals surface area (Å²) in [6.45, 7) is 10.2. The van der Waals surface area contributed by atoms with Crippen LogP contribution in [0.25, 0.3) is 0 Å². The molecule has 0 saturated carbocycles. The summed E-state index contributed by atoms with van der Waals surface area (Å²) >= 11 is 0. The second kappa shape index (κ2) is 5.46. The second-order valence-corrected chi connectivity index (χ2v) is 5.49. The minimum Gasteiger partial charge on any atom is -0.324 e. The lowest BCUT2D eigenvalue weighted by Gasteiger charge is -2.19. The van der Waals surface area contributed by atoms with Crippen molar-refractivity contribution in [2.45, 2.75) is 45.7 Å². The van der Waals surface area contributed by atoms with Gasteiger partial charge in [0.1, 0.15) is 0 Å². The molecule has 0 unspecified atom stereocenters. The number of rotatable bonds is 5. The van der Waals surface area contributed by atoms with Crippen molar-refractivity contribution in [2.24, 2.45) is 5.73 Å². The first-order valence-corrected chi connectivity index (χ1v) is 5.97. The van der Waals surface area contributed by atoms with E-state index >= 15 is 0 Å². The first-order valence-electron chi connectivity index (χ1n) is 5.97. The van der Waals surface area contributed by atoms with Crippen molar-refractivity contribution in [3.63, 3.8) is 0 Å². The van der Waals surface area contributed by atoms with Gasteiger partial charge in [0.2, 0.25) is 0 Å². The van der Waals surface area contributed by atoms with Crippen molar-refractivity contribution in [1.29, 1.82) is 0 Å². The first kappa shape index (κ1) is 13.2. The number of nitrogens with one attached hydrogen (secondary N) is 1. The maximum atomic E-state index is 5.90. The molecule has 0 spiro atoms. The van der Waals surface area contributed by atoms with Crippen LogP contribution in [-0.4, -0.2) is 12.1 Å². The molecule has 0 aliphatic rings. The highest BCUT2D eigenvalue weighted by Crippen LogP contribution is 2.14. The molecule has 1 rings (SSSR count). The van der Waals surface area contributed by atoms with Gasteiger partial charge >= 0.3 is 0 Å². The average Bonchev–Trinajstić information content (AvgIpc) is 2.16. The van der Waals surface area contributed by atoms with Gasteiger partial charge < -0.3 is 11.1 Å². The Hall–Kier alpha value is -0.860. The van der Waals surface area contributed by atoms with E-state index in [1.54, 1.807) is 0 Å². The Kier molecular flexibility index (Phi) is 4.51. The van der Waals surface area contributed by atoms with Crippen LogP contribution >= 0.6 is 0 Å². The third-order valence-corrected chi connectivity index (χ3v) is 2.56. The highest BCUT2D eigenvalue weighted by molar-refractivity contribution is 5.24. The van der Waals surface area contributed by atoms with E-state index in [4.69, 9.17) is 5.73 Å². The number of hydrogen-bond donors (Lipinski definition) is 2. The first-order chi connectivity index (χ1) is 7.38. The predicted octanol–water partition coefficient (Wildman–Crippen LogP) is 2.64. The lowest BCUT2D eigenvalue weighted by molar-refractivity contribution is 0.466. The summed E-state index contributed by atoms with van der Waals surface area (Å²) in [5, 5.41) is 3.37. The van der Waals surface area contributed by atoms with E-state index in [0.717, 1.165) is 13.1 Å². The third kappa shape index (κ3) is 4.77. The zero-order valence-corrected chi connectivity index (χ0v) is 10.9. The molecule has 0 atom stereocenters. The van der Waals surface area contributed by atoms with Gasteiger partial charge in [-0.3, -0.25) is 0 Å². The topological polar surface area (TPSA) is 38.0 Å². The van der Waals surface area contributed by atoms with Crippen molar-refractivity contribution >= 4 is 0 Å². The molecule has 0 fully saturated rings. The minimum atomic E-state index is -0.141. The van der Waals surface area contributed by atoms with E-state index in [1.165, 1.54) is 11.1 Å². The van der Waals surface area contributed by atoms with Crippen LogP contribution in [-0.2, 0) is 6.54 Å². The summed E-state index contributed by atoms with van der Waals surface area (Å²) in [5.41, 5.74) is 8.47. The largest absolute Gasteiger partial charge is 0.324 e. The minimum absolute atomic E-state index is 0.141. The van der Waals surface area contributed by atoms with E-state index in [9.17, 15) is 0 Å². The second-order valence-electron chi connectivity index (χ2n) is 5.49. The van der Waals surface area contributed by atoms with Crippen LogP contribution in [0.3, 0.4) is 0 Å². The van der Waals surface area contributed by atoms with Gasteiger partial charge in [-0.2, -0.15) is 0 Å². The van der Waals surface area contributed by atoms with Gasteiger partial charge in [-0.15, -0.1) is 0 Å². The van der Waals surface area contributed by atoms with Gasteiger partial charge in [0, 0.05) is 18.6 Å². The molecule has 0 heterocycles. The maximum Gasteiger partial charge on any atom is 0.0223 e. The molecule has 2 heteroatoms. The Balaban J connectivity index is 2.44. The van der Waals surface area contributed by atoms with Crippen LogP contribution in [0.15, 0.2) is 24.3 Å². The molecule has 0 aliphatic heterocycles. The molecule has 0 saturated heterocycles. The van der Waals surface area contributed by atoms with Gasteiger partial charge in [-0.1, -0.05) is 38.1 Å². The highest BCUT2D eigenvalue weighted by atomic mass is 14.9. The van der Waals surface area contributed by atoms with Gasteiger partial charge in [0.25, 0.3) is 0 Å². The predicted molar refractivity (Wildman–Crippen MR) is 70.5 cm³/mol. The molecule has 0 aromatic heterocycles. The molecule has 90 valence electrons. The normalized spacial score (nSPS) is 12.1. The average molecular weight is 220 g/mol. The Morgan fingerprint density at radius 1 is 1.19 bits per heavy atom. The van der Waals surface area contributed by atoms with E-state index in [1.807, 2.05) is 13.8 Å². The fourth-order valence-electron chi connectivity index (χ4n) is 1.55. The van der Waals surface area contributed by atoms with Crippen LogP contribution < -0.4 is 11.1 Å². The fourth-order valence-corrected chi connectivity index (χ4v) is 1.55. The Morgan fingerprint density at radius 3 is 2.19 bits per heavy atom. The summed E-state index contributed by atoms with van der Waals surface area (Å²) in [6, 6.07) is 8.78. The van der Waals surface area contributed by atoms with Crippen LogP contribution in [0.1, 0.15) is 44.7 Å². The highest BCUT2D eigenvalue weighted by Gasteiger charge is 2.08. The van der Waals surface area contributed by atoms with Crippen molar-refractivity contribution in [2.75, 3.05) is 6.54 Å². The van der Waals surface area contributed by atoms with Gasteiger partial charge in [0.15, 0.2) is 0 Å². The lowest BCUT2D eigenvalue weighted by Crippen LogP contribution is -2.42. The zero-order valence-electron chi connectivity index (χ0n) is 10.9. The molecule has 0 amide bonds. The molecule has 16 heavy (non-hydrogen) atoms. The number of hydrogen-bond acceptors (Lipinski definition) is 2. The van der Waals surface area contributed by atoms with Crippen molar-refractivity contribution in [3.05, 3.63) is 35.4 Å². The monoisotopic (exact) mass is 220 g/mol. The molecule has 1 aromatic rings. The Labute approximate surface area is 99.2 Å². The van der Waals surface area contributed by atoms with E-state index in [2.05, 4.69) is 43.4 Å². The number of nitrogens with two attached hydrogens (primary N) is 1. The summed E-state index contributed by atoms with van der Waals surface area (Å²) in [6.07, 6.45) is 0. The van der Waals surface area contributed by atoms with Crippen LogP contribution in [0, 0.1) is 0 Å². The zero-order chi connectivity index (χ0) is 12.2. The van der Waals surface area contributed by atoms with E-state index in [0.29, 0.717) is 5.92 Å². The van der Waals surface area contributed by atoms with Crippen molar-refractivity contribution in [3.8, 4) is 0 Å². The summed E-state index contributed by atoms with van der Waals surface area (Å²) in [7, 11) is 0. The van der Waals surface area contributed by atoms with Crippen LogP contribution in [0.4, 0.5) is 0 Å². The van der Waals surface area contributed by atoms with Gasteiger partial charge in [-0.25, -0.2) is 0 Å². The van der Waals surface area contributed by atoms with E-state index in [-0.39, 0.29) is 5.54 Å². The molecular weight excluding hydrogens is 196 g/mol. The molecule has 3 N–H and O–H groups in total.